The molecule has 0 bridgehead atoms. The summed E-state index contributed by atoms with van der Waals surface area (Å²) in [7, 11) is 0. The average molecular weight is 385 g/mol. The van der Waals surface area contributed by atoms with E-state index >= 15 is 0 Å². The molecule has 0 aliphatic carbocycles. The lowest BCUT2D eigenvalue weighted by atomic mass is 10.1. The number of carbonyl (C=O) groups excluding carboxylic acids is 3. The van der Waals surface area contributed by atoms with E-state index in [1.165, 1.54) is 0 Å². The number of rotatable bonds is 7. The highest BCUT2D eigenvalue weighted by Gasteiger charge is 2.23. The Morgan fingerprint density at radius 3 is 2.64 bits per heavy atom. The van der Waals surface area contributed by atoms with Gasteiger partial charge in [-0.15, -0.1) is 0 Å². The third-order valence-electron chi connectivity index (χ3n) is 4.53. The molecular weight excluding hydrogens is 362 g/mol. The van der Waals surface area contributed by atoms with Gasteiger partial charge in [-0.1, -0.05) is 24.2 Å². The van der Waals surface area contributed by atoms with E-state index in [1.54, 1.807) is 49.1 Å². The average Bonchev–Trinajstić information content (AvgIpc) is 3.28. The molecule has 1 N–H and O–H groups in total. The molecule has 0 unspecified atom stereocenters. The van der Waals surface area contributed by atoms with E-state index in [4.69, 9.17) is 9.26 Å². The van der Waals surface area contributed by atoms with Crippen molar-refractivity contribution in [1.82, 2.24) is 10.1 Å². The van der Waals surface area contributed by atoms with Crippen molar-refractivity contribution >= 4 is 23.6 Å². The number of ether oxygens (including phenoxy) is 1. The maximum Gasteiger partial charge on any atom is 0.338 e. The quantitative estimate of drug-likeness (QED) is 0.735. The fourth-order valence-corrected chi connectivity index (χ4v) is 2.99. The molecular formula is C20H23N3O5. The van der Waals surface area contributed by atoms with Crippen LogP contribution in [-0.2, 0) is 20.9 Å². The minimum absolute atomic E-state index is 0.155. The van der Waals surface area contributed by atoms with Crippen LogP contribution in [0.15, 0.2) is 34.9 Å². The highest BCUT2D eigenvalue weighted by molar-refractivity contribution is 5.97. The standard InChI is InChI=1S/C20H23N3O5/c1-3-16(19(25)21-17-11-13(2)28-22-17)27-20(26)15-8-6-14(7-9-15)12-23-10-4-5-18(23)24/h6-9,11,16H,3-5,10,12H2,1-2H3,(H,21,22,25)/t16-/m1/s1. The number of aryl methyl sites for hydroxylation is 1. The molecule has 8 heteroatoms. The summed E-state index contributed by atoms with van der Waals surface area (Å²) < 4.78 is 10.2. The van der Waals surface area contributed by atoms with Crippen LogP contribution >= 0.6 is 0 Å². The molecule has 8 nitrogen and oxygen atoms in total. The molecule has 1 saturated heterocycles. The molecule has 2 aromatic rings. The number of esters is 1. The van der Waals surface area contributed by atoms with Crippen molar-refractivity contribution in [3.8, 4) is 0 Å². The second kappa shape index (κ2) is 8.69. The maximum atomic E-state index is 12.4. The molecule has 2 heterocycles. The number of aromatic nitrogens is 1. The number of amides is 2. The second-order valence-electron chi connectivity index (χ2n) is 6.73. The zero-order valence-electron chi connectivity index (χ0n) is 15.9. The maximum absolute atomic E-state index is 12.4. The van der Waals surface area contributed by atoms with Crippen LogP contribution in [0.1, 0.15) is 47.9 Å². The van der Waals surface area contributed by atoms with Crippen molar-refractivity contribution in [1.29, 1.82) is 0 Å². The summed E-state index contributed by atoms with van der Waals surface area (Å²) in [5, 5.41) is 6.26. The molecule has 2 amide bonds. The van der Waals surface area contributed by atoms with Crippen LogP contribution in [0.3, 0.4) is 0 Å². The van der Waals surface area contributed by atoms with E-state index < -0.39 is 18.0 Å². The van der Waals surface area contributed by atoms with Crippen molar-refractivity contribution in [2.24, 2.45) is 0 Å². The first-order valence-electron chi connectivity index (χ1n) is 9.28. The number of hydrogen-bond acceptors (Lipinski definition) is 6. The molecule has 1 aliphatic rings. The fraction of sp³-hybridized carbons (Fsp3) is 0.400. The molecule has 0 radical (unpaired) electrons. The van der Waals surface area contributed by atoms with Crippen molar-refractivity contribution in [2.75, 3.05) is 11.9 Å². The summed E-state index contributed by atoms with van der Waals surface area (Å²) in [6.45, 7) is 4.76. The Balaban J connectivity index is 1.57. The molecule has 3 rings (SSSR count). The summed E-state index contributed by atoms with van der Waals surface area (Å²) in [4.78, 5) is 38.2. The van der Waals surface area contributed by atoms with E-state index in [0.717, 1.165) is 18.5 Å². The number of nitrogens with one attached hydrogen (secondary N) is 1. The predicted molar refractivity (Wildman–Crippen MR) is 100 cm³/mol. The third-order valence-corrected chi connectivity index (χ3v) is 4.53. The summed E-state index contributed by atoms with van der Waals surface area (Å²) >= 11 is 0. The monoisotopic (exact) mass is 385 g/mol. The van der Waals surface area contributed by atoms with E-state index in [-0.39, 0.29) is 11.7 Å². The Kier molecular flexibility index (Phi) is 6.08. The van der Waals surface area contributed by atoms with Gasteiger partial charge < -0.3 is 19.5 Å². The van der Waals surface area contributed by atoms with Crippen molar-refractivity contribution in [2.45, 2.75) is 45.8 Å². The van der Waals surface area contributed by atoms with E-state index in [0.29, 0.717) is 30.7 Å². The second-order valence-corrected chi connectivity index (χ2v) is 6.73. The summed E-state index contributed by atoms with van der Waals surface area (Å²) in [5.74, 6) is -0.0492. The first kappa shape index (κ1) is 19.6. The fourth-order valence-electron chi connectivity index (χ4n) is 2.99. The molecule has 148 valence electrons. The van der Waals surface area contributed by atoms with Crippen molar-refractivity contribution < 1.29 is 23.6 Å². The van der Waals surface area contributed by atoms with Gasteiger partial charge in [0.15, 0.2) is 11.9 Å². The first-order valence-corrected chi connectivity index (χ1v) is 9.28. The molecule has 1 fully saturated rings. The van der Waals surface area contributed by atoms with Crippen LogP contribution < -0.4 is 5.32 Å². The molecule has 1 aliphatic heterocycles. The van der Waals surface area contributed by atoms with Gasteiger partial charge in [0, 0.05) is 25.6 Å². The highest BCUT2D eigenvalue weighted by atomic mass is 16.5. The van der Waals surface area contributed by atoms with Crippen LogP contribution in [0.25, 0.3) is 0 Å². The molecule has 0 saturated carbocycles. The topological polar surface area (TPSA) is 102 Å². The molecule has 1 aromatic carbocycles. The van der Waals surface area contributed by atoms with Crippen molar-refractivity contribution in [3.63, 3.8) is 0 Å². The van der Waals surface area contributed by atoms with Gasteiger partial charge in [0.05, 0.1) is 5.56 Å². The van der Waals surface area contributed by atoms with Crippen LogP contribution in [0.4, 0.5) is 5.82 Å². The van der Waals surface area contributed by atoms with Crippen LogP contribution in [0.5, 0.6) is 0 Å². The highest BCUT2D eigenvalue weighted by Crippen LogP contribution is 2.16. The predicted octanol–water partition coefficient (Wildman–Crippen LogP) is 2.68. The molecule has 0 spiro atoms. The first-order chi connectivity index (χ1) is 13.5. The third kappa shape index (κ3) is 4.76. The smallest absolute Gasteiger partial charge is 0.338 e. The van der Waals surface area contributed by atoms with Crippen molar-refractivity contribution in [3.05, 3.63) is 47.2 Å². The van der Waals surface area contributed by atoms with Gasteiger partial charge in [-0.25, -0.2) is 4.79 Å². The number of likely N-dealkylation sites (tertiary alicyclic amines) is 1. The number of nitrogens with zero attached hydrogens (tertiary/aromatic N) is 2. The molecule has 1 aromatic heterocycles. The lowest BCUT2D eigenvalue weighted by Gasteiger charge is -2.16. The summed E-state index contributed by atoms with van der Waals surface area (Å²) in [6.07, 6.45) is 0.867. The minimum atomic E-state index is -0.939. The summed E-state index contributed by atoms with van der Waals surface area (Å²) in [5.41, 5.74) is 1.29. The van der Waals surface area contributed by atoms with Gasteiger partial charge in [-0.05, 0) is 37.5 Å². The van der Waals surface area contributed by atoms with Gasteiger partial charge in [0.2, 0.25) is 5.91 Å². The van der Waals surface area contributed by atoms with Crippen LogP contribution in [0, 0.1) is 6.92 Å². The largest absolute Gasteiger partial charge is 0.449 e. The Hall–Kier alpha value is -3.16. The Morgan fingerprint density at radius 2 is 2.07 bits per heavy atom. The van der Waals surface area contributed by atoms with Crippen LogP contribution in [0.2, 0.25) is 0 Å². The number of carbonyl (C=O) groups is 3. The normalized spacial score (nSPS) is 14.8. The zero-order chi connectivity index (χ0) is 20.1. The van der Waals surface area contributed by atoms with Gasteiger partial charge >= 0.3 is 5.97 Å². The van der Waals surface area contributed by atoms with Gasteiger partial charge in [0.25, 0.3) is 5.91 Å². The Bertz CT molecular complexity index is 859. The van der Waals surface area contributed by atoms with E-state index in [1.807, 2.05) is 0 Å². The number of anilines is 1. The van der Waals surface area contributed by atoms with Gasteiger partial charge in [0.1, 0.15) is 5.76 Å². The molecule has 1 atom stereocenters. The number of hydrogen-bond donors (Lipinski definition) is 1. The Labute approximate surface area is 162 Å². The summed E-state index contributed by atoms with van der Waals surface area (Å²) in [6, 6.07) is 8.45. The number of benzene rings is 1. The lowest BCUT2D eigenvalue weighted by molar-refractivity contribution is -0.128. The zero-order valence-corrected chi connectivity index (χ0v) is 15.9. The SMILES string of the molecule is CC[C@@H](OC(=O)c1ccc(CN2CCCC2=O)cc1)C(=O)Nc1cc(C)on1. The van der Waals surface area contributed by atoms with E-state index in [9.17, 15) is 14.4 Å². The molecule has 28 heavy (non-hydrogen) atoms. The van der Waals surface area contributed by atoms with E-state index in [2.05, 4.69) is 10.5 Å². The lowest BCUT2D eigenvalue weighted by Crippen LogP contribution is -2.32. The van der Waals surface area contributed by atoms with Crippen LogP contribution in [-0.4, -0.2) is 40.5 Å². The Morgan fingerprint density at radius 1 is 1.32 bits per heavy atom. The van der Waals surface area contributed by atoms with Gasteiger partial charge in [-0.2, -0.15) is 0 Å². The van der Waals surface area contributed by atoms with Gasteiger partial charge in [-0.3, -0.25) is 9.59 Å². The minimum Gasteiger partial charge on any atom is -0.449 e.